The Balaban J connectivity index is 1.62. The normalized spacial score (nSPS) is 13.7. The van der Waals surface area contributed by atoms with E-state index in [0.717, 1.165) is 10.5 Å². The van der Waals surface area contributed by atoms with Gasteiger partial charge in [-0.1, -0.05) is 24.3 Å². The summed E-state index contributed by atoms with van der Waals surface area (Å²) in [6.07, 6.45) is 0.460. The van der Waals surface area contributed by atoms with E-state index in [9.17, 15) is 18.4 Å². The van der Waals surface area contributed by atoms with E-state index in [1.54, 1.807) is 7.11 Å². The lowest BCUT2D eigenvalue weighted by atomic mass is 10.0. The highest BCUT2D eigenvalue weighted by Crippen LogP contribution is 2.31. The number of methoxy groups -OCH3 is 1. The van der Waals surface area contributed by atoms with E-state index in [4.69, 9.17) is 4.74 Å². The lowest BCUT2D eigenvalue weighted by Crippen LogP contribution is -2.34. The van der Waals surface area contributed by atoms with Crippen LogP contribution in [-0.2, 0) is 16.0 Å². The van der Waals surface area contributed by atoms with Crippen molar-refractivity contribution in [1.82, 2.24) is 4.90 Å². The first-order valence-electron chi connectivity index (χ1n) is 9.98. The van der Waals surface area contributed by atoms with Crippen LogP contribution in [-0.4, -0.2) is 30.4 Å². The van der Waals surface area contributed by atoms with Gasteiger partial charge in [0.1, 0.15) is 23.1 Å². The summed E-state index contributed by atoms with van der Waals surface area (Å²) in [7, 11) is 1.58. The molecule has 3 aromatic rings. The summed E-state index contributed by atoms with van der Waals surface area (Å²) < 4.78 is 31.9. The fourth-order valence-corrected chi connectivity index (χ4v) is 3.49. The van der Waals surface area contributed by atoms with Crippen LogP contribution in [0.3, 0.4) is 0 Å². The fourth-order valence-electron chi connectivity index (χ4n) is 3.49. The van der Waals surface area contributed by atoms with E-state index in [-0.39, 0.29) is 17.8 Å². The van der Waals surface area contributed by atoms with Crippen LogP contribution in [0.4, 0.5) is 14.5 Å². The first kappa shape index (κ1) is 21.2. The summed E-state index contributed by atoms with van der Waals surface area (Å²) in [6, 6.07) is 18.2. The molecule has 1 N–H and O–H groups in total. The van der Waals surface area contributed by atoms with Crippen LogP contribution < -0.4 is 10.1 Å². The molecule has 1 aliphatic rings. The predicted molar refractivity (Wildman–Crippen MR) is 117 cm³/mol. The van der Waals surface area contributed by atoms with Gasteiger partial charge >= 0.3 is 0 Å². The molecule has 0 spiro atoms. The zero-order valence-electron chi connectivity index (χ0n) is 17.3. The van der Waals surface area contributed by atoms with Crippen molar-refractivity contribution < 1.29 is 23.1 Å². The highest BCUT2D eigenvalue weighted by Gasteiger charge is 2.38. The number of halogens is 2. The molecular weight excluding hydrogens is 414 g/mol. The maximum Gasteiger partial charge on any atom is 0.278 e. The molecule has 0 saturated heterocycles. The summed E-state index contributed by atoms with van der Waals surface area (Å²) in [4.78, 5) is 27.5. The zero-order chi connectivity index (χ0) is 22.7. The largest absolute Gasteiger partial charge is 0.497 e. The van der Waals surface area contributed by atoms with Crippen LogP contribution >= 0.6 is 0 Å². The first-order valence-corrected chi connectivity index (χ1v) is 9.98. The van der Waals surface area contributed by atoms with E-state index < -0.39 is 23.4 Å². The lowest BCUT2D eigenvalue weighted by Gasteiger charge is -2.15. The smallest absolute Gasteiger partial charge is 0.278 e. The number of hydrogen-bond donors (Lipinski definition) is 1. The summed E-state index contributed by atoms with van der Waals surface area (Å²) >= 11 is 0. The standard InChI is InChI=1S/C25H20F2N2O3/c1-32-21-12-2-16(3-13-21)14-15-29-24(30)22(17-4-6-18(26)7-5-17)23(25(29)31)28-20-10-8-19(27)9-11-20/h2-13,28H,14-15H2,1H3. The molecule has 0 aliphatic carbocycles. The van der Waals surface area contributed by atoms with E-state index >= 15 is 0 Å². The molecule has 0 atom stereocenters. The Morgan fingerprint density at radius 1 is 0.812 bits per heavy atom. The van der Waals surface area contributed by atoms with E-state index in [2.05, 4.69) is 5.32 Å². The number of carbonyl (C=O) groups is 2. The molecule has 0 unspecified atom stereocenters. The van der Waals surface area contributed by atoms with Crippen LogP contribution in [0.5, 0.6) is 5.75 Å². The maximum absolute atomic E-state index is 13.4. The molecule has 4 rings (SSSR count). The molecule has 5 nitrogen and oxygen atoms in total. The van der Waals surface area contributed by atoms with Crippen molar-refractivity contribution in [2.75, 3.05) is 19.0 Å². The number of nitrogens with zero attached hydrogens (tertiary/aromatic N) is 1. The highest BCUT2D eigenvalue weighted by molar-refractivity contribution is 6.36. The quantitative estimate of drug-likeness (QED) is 0.560. The minimum Gasteiger partial charge on any atom is -0.497 e. The molecule has 2 amide bonds. The first-order chi connectivity index (χ1) is 15.5. The zero-order valence-corrected chi connectivity index (χ0v) is 17.3. The Bertz CT molecular complexity index is 1170. The number of imide groups is 1. The van der Waals surface area contributed by atoms with Crippen molar-refractivity contribution in [3.8, 4) is 5.75 Å². The van der Waals surface area contributed by atoms with Gasteiger partial charge in [0.05, 0.1) is 12.7 Å². The summed E-state index contributed by atoms with van der Waals surface area (Å²) in [5, 5.41) is 2.95. The van der Waals surface area contributed by atoms with E-state index in [0.29, 0.717) is 23.4 Å². The second kappa shape index (κ2) is 9.01. The summed E-state index contributed by atoms with van der Waals surface area (Å²) in [5.41, 5.74) is 2.03. The van der Waals surface area contributed by atoms with Gasteiger partial charge in [-0.05, 0) is 66.1 Å². The van der Waals surface area contributed by atoms with Crippen molar-refractivity contribution in [3.63, 3.8) is 0 Å². The molecule has 162 valence electrons. The van der Waals surface area contributed by atoms with Gasteiger partial charge in [-0.15, -0.1) is 0 Å². The third-order valence-corrected chi connectivity index (χ3v) is 5.20. The van der Waals surface area contributed by atoms with Gasteiger partial charge in [0, 0.05) is 12.2 Å². The minimum absolute atomic E-state index is 0.0722. The maximum atomic E-state index is 13.4. The van der Waals surface area contributed by atoms with Gasteiger partial charge in [0.15, 0.2) is 0 Å². The van der Waals surface area contributed by atoms with E-state index in [1.165, 1.54) is 48.5 Å². The number of amides is 2. The van der Waals surface area contributed by atoms with Crippen LogP contribution in [0, 0.1) is 11.6 Å². The Hall–Kier alpha value is -4.00. The van der Waals surface area contributed by atoms with Crippen molar-refractivity contribution in [1.29, 1.82) is 0 Å². The van der Waals surface area contributed by atoms with Gasteiger partial charge in [0.25, 0.3) is 11.8 Å². The monoisotopic (exact) mass is 434 g/mol. The Morgan fingerprint density at radius 2 is 1.41 bits per heavy atom. The van der Waals surface area contributed by atoms with Gasteiger partial charge in [-0.3, -0.25) is 14.5 Å². The van der Waals surface area contributed by atoms with Crippen LogP contribution in [0.25, 0.3) is 5.57 Å². The third kappa shape index (κ3) is 4.37. The highest BCUT2D eigenvalue weighted by atomic mass is 19.1. The van der Waals surface area contributed by atoms with Gasteiger partial charge < -0.3 is 10.1 Å². The molecule has 1 heterocycles. The molecule has 0 bridgehead atoms. The molecule has 3 aromatic carbocycles. The topological polar surface area (TPSA) is 58.6 Å². The number of hydrogen-bond acceptors (Lipinski definition) is 4. The van der Waals surface area contributed by atoms with Crippen molar-refractivity contribution in [2.45, 2.75) is 6.42 Å². The molecule has 32 heavy (non-hydrogen) atoms. The summed E-state index contributed by atoms with van der Waals surface area (Å²) in [6.45, 7) is 0.170. The van der Waals surface area contributed by atoms with Crippen molar-refractivity contribution >= 4 is 23.1 Å². The Kier molecular flexibility index (Phi) is 5.98. The number of benzene rings is 3. The minimum atomic E-state index is -0.493. The average molecular weight is 434 g/mol. The number of carbonyl (C=O) groups excluding carboxylic acids is 2. The molecule has 0 aromatic heterocycles. The van der Waals surface area contributed by atoms with Gasteiger partial charge in [-0.2, -0.15) is 0 Å². The number of ether oxygens (including phenoxy) is 1. The predicted octanol–water partition coefficient (Wildman–Crippen LogP) is 4.41. The van der Waals surface area contributed by atoms with Gasteiger partial charge in [-0.25, -0.2) is 8.78 Å². The second-order valence-electron chi connectivity index (χ2n) is 7.25. The van der Waals surface area contributed by atoms with E-state index in [1.807, 2.05) is 24.3 Å². The lowest BCUT2D eigenvalue weighted by molar-refractivity contribution is -0.136. The number of rotatable bonds is 7. The molecule has 0 radical (unpaired) electrons. The number of anilines is 1. The SMILES string of the molecule is COc1ccc(CCN2C(=O)C(Nc3ccc(F)cc3)=C(c3ccc(F)cc3)C2=O)cc1. The number of nitrogens with one attached hydrogen (secondary N) is 1. The fraction of sp³-hybridized carbons (Fsp3) is 0.120. The average Bonchev–Trinajstić information content (AvgIpc) is 3.04. The summed E-state index contributed by atoms with van der Waals surface area (Å²) in [5.74, 6) is -1.12. The van der Waals surface area contributed by atoms with Gasteiger partial charge in [0.2, 0.25) is 0 Å². The molecule has 0 fully saturated rings. The van der Waals surface area contributed by atoms with Crippen LogP contribution in [0.15, 0.2) is 78.5 Å². The van der Waals surface area contributed by atoms with Crippen LogP contribution in [0.1, 0.15) is 11.1 Å². The molecule has 7 heteroatoms. The Labute approximate surface area is 183 Å². The van der Waals surface area contributed by atoms with Crippen molar-refractivity contribution in [3.05, 3.63) is 101 Å². The molecule has 1 aliphatic heterocycles. The van der Waals surface area contributed by atoms with Crippen molar-refractivity contribution in [2.24, 2.45) is 0 Å². The van der Waals surface area contributed by atoms with Crippen LogP contribution in [0.2, 0.25) is 0 Å². The molecular formula is C25H20F2N2O3. The third-order valence-electron chi connectivity index (χ3n) is 5.20. The molecule has 0 saturated carbocycles. The second-order valence-corrected chi connectivity index (χ2v) is 7.25. The Morgan fingerprint density at radius 3 is 2.00 bits per heavy atom.